The largest absolute Gasteiger partial charge is 0.464 e. The van der Waals surface area contributed by atoms with Gasteiger partial charge < -0.3 is 9.73 Å². The van der Waals surface area contributed by atoms with Gasteiger partial charge in [0.15, 0.2) is 5.13 Å². The molecule has 3 heterocycles. The number of benzene rings is 1. The number of piperidine rings is 1. The van der Waals surface area contributed by atoms with Gasteiger partial charge in [-0.25, -0.2) is 4.98 Å². The van der Waals surface area contributed by atoms with Crippen LogP contribution in [0.25, 0.3) is 11.0 Å². The van der Waals surface area contributed by atoms with Crippen LogP contribution >= 0.6 is 11.3 Å². The molecule has 142 valence electrons. The van der Waals surface area contributed by atoms with Gasteiger partial charge in [0.2, 0.25) is 5.91 Å². The number of thiazole rings is 1. The lowest BCUT2D eigenvalue weighted by molar-refractivity contribution is -0.115. The fraction of sp³-hybridized carbons (Fsp3) is 0.429. The van der Waals surface area contributed by atoms with Crippen molar-refractivity contribution in [2.24, 2.45) is 5.92 Å². The standard InChI is InChI=1S/C21H25N3O2S/c1-14-5-7-24(8-6-14)11-17-13-27-21(22-17)23-20(25)10-16-12-26-19-9-15(2)3-4-18(16)19/h3-4,9,12-14H,5-8,10-11H2,1-2H3,(H,22,23,25). The molecule has 1 amide bonds. The molecule has 1 N–H and O–H groups in total. The smallest absolute Gasteiger partial charge is 0.230 e. The van der Waals surface area contributed by atoms with Crippen molar-refractivity contribution in [2.75, 3.05) is 18.4 Å². The van der Waals surface area contributed by atoms with Crippen LogP contribution in [0.15, 0.2) is 34.3 Å². The maximum absolute atomic E-state index is 12.4. The number of hydrogen-bond acceptors (Lipinski definition) is 5. The third-order valence-electron chi connectivity index (χ3n) is 5.22. The number of carbonyl (C=O) groups excluding carboxylic acids is 1. The molecule has 4 rings (SSSR count). The van der Waals surface area contributed by atoms with Crippen molar-refractivity contribution in [3.8, 4) is 0 Å². The Kier molecular flexibility index (Phi) is 5.27. The summed E-state index contributed by atoms with van der Waals surface area (Å²) in [5.74, 6) is 0.764. The minimum Gasteiger partial charge on any atom is -0.464 e. The first-order valence-corrected chi connectivity index (χ1v) is 10.4. The van der Waals surface area contributed by atoms with Crippen molar-refractivity contribution in [1.29, 1.82) is 0 Å². The normalized spacial score (nSPS) is 16.1. The van der Waals surface area contributed by atoms with Crippen LogP contribution < -0.4 is 5.32 Å². The fourth-order valence-electron chi connectivity index (χ4n) is 3.55. The summed E-state index contributed by atoms with van der Waals surface area (Å²) in [5, 5.41) is 6.64. The van der Waals surface area contributed by atoms with Crippen LogP contribution in [0.2, 0.25) is 0 Å². The molecule has 1 aliphatic heterocycles. The van der Waals surface area contributed by atoms with Crippen LogP contribution in [0.5, 0.6) is 0 Å². The fourth-order valence-corrected chi connectivity index (χ4v) is 4.27. The zero-order valence-electron chi connectivity index (χ0n) is 15.8. The van der Waals surface area contributed by atoms with Gasteiger partial charge >= 0.3 is 0 Å². The molecule has 1 aliphatic rings. The lowest BCUT2D eigenvalue weighted by Crippen LogP contribution is -2.32. The first-order valence-electron chi connectivity index (χ1n) is 9.50. The van der Waals surface area contributed by atoms with E-state index in [1.54, 1.807) is 6.26 Å². The second-order valence-electron chi connectivity index (χ2n) is 7.59. The lowest BCUT2D eigenvalue weighted by Gasteiger charge is -2.29. The maximum Gasteiger partial charge on any atom is 0.230 e. The summed E-state index contributed by atoms with van der Waals surface area (Å²) < 4.78 is 5.58. The van der Waals surface area contributed by atoms with Crippen LogP contribution in [0.1, 0.15) is 36.6 Å². The molecule has 0 atom stereocenters. The summed E-state index contributed by atoms with van der Waals surface area (Å²) >= 11 is 1.49. The van der Waals surface area contributed by atoms with Gasteiger partial charge in [-0.05, 0) is 50.4 Å². The van der Waals surface area contributed by atoms with E-state index < -0.39 is 0 Å². The first kappa shape index (κ1) is 18.2. The molecule has 5 nitrogen and oxygen atoms in total. The number of likely N-dealkylation sites (tertiary alicyclic amines) is 1. The number of carbonyl (C=O) groups is 1. The quantitative estimate of drug-likeness (QED) is 0.699. The Labute approximate surface area is 163 Å². The van der Waals surface area contributed by atoms with Crippen molar-refractivity contribution < 1.29 is 9.21 Å². The highest BCUT2D eigenvalue weighted by Crippen LogP contribution is 2.24. The van der Waals surface area contributed by atoms with Gasteiger partial charge in [-0.15, -0.1) is 11.3 Å². The number of hydrogen-bond donors (Lipinski definition) is 1. The van der Waals surface area contributed by atoms with Crippen molar-refractivity contribution >= 4 is 33.3 Å². The van der Waals surface area contributed by atoms with Crippen LogP contribution in [-0.4, -0.2) is 28.9 Å². The second kappa shape index (κ2) is 7.82. The Balaban J connectivity index is 1.35. The van der Waals surface area contributed by atoms with E-state index in [2.05, 4.69) is 22.1 Å². The molecule has 2 aromatic heterocycles. The van der Waals surface area contributed by atoms with Gasteiger partial charge in [-0.1, -0.05) is 19.1 Å². The van der Waals surface area contributed by atoms with Crippen LogP contribution in [0.4, 0.5) is 5.13 Å². The van der Waals surface area contributed by atoms with Crippen molar-refractivity contribution in [3.05, 3.63) is 46.7 Å². The number of aryl methyl sites for hydroxylation is 1. The summed E-state index contributed by atoms with van der Waals surface area (Å²) in [6.45, 7) is 7.47. The Morgan fingerprint density at radius 1 is 1.37 bits per heavy atom. The molecule has 1 aromatic carbocycles. The number of aromatic nitrogens is 1. The Hall–Kier alpha value is -2.18. The summed E-state index contributed by atoms with van der Waals surface area (Å²) in [4.78, 5) is 19.5. The Morgan fingerprint density at radius 3 is 3.00 bits per heavy atom. The van der Waals surface area contributed by atoms with E-state index in [-0.39, 0.29) is 12.3 Å². The number of anilines is 1. The van der Waals surface area contributed by atoms with Gasteiger partial charge in [-0.3, -0.25) is 9.69 Å². The molecule has 1 saturated heterocycles. The predicted octanol–water partition coefficient (Wildman–Crippen LogP) is 4.61. The van der Waals surface area contributed by atoms with Gasteiger partial charge in [0.1, 0.15) is 5.58 Å². The summed E-state index contributed by atoms with van der Waals surface area (Å²) in [6.07, 6.45) is 4.47. The van der Waals surface area contributed by atoms with Gasteiger partial charge in [0.25, 0.3) is 0 Å². The molecule has 6 heteroatoms. The molecule has 0 spiro atoms. The number of rotatable bonds is 5. The van der Waals surface area contributed by atoms with Crippen LogP contribution in [0.3, 0.4) is 0 Å². The number of nitrogens with zero attached hydrogens (tertiary/aromatic N) is 2. The summed E-state index contributed by atoms with van der Waals surface area (Å²) in [5.41, 5.74) is 3.91. The van der Waals surface area contributed by atoms with E-state index in [0.717, 1.165) is 53.3 Å². The minimum absolute atomic E-state index is 0.0639. The molecule has 0 aliphatic carbocycles. The molecule has 27 heavy (non-hydrogen) atoms. The van der Waals surface area contributed by atoms with Crippen molar-refractivity contribution in [3.63, 3.8) is 0 Å². The first-order chi connectivity index (χ1) is 13.1. The molecule has 0 unspecified atom stereocenters. The van der Waals surface area contributed by atoms with E-state index in [1.165, 1.54) is 24.2 Å². The predicted molar refractivity (Wildman–Crippen MR) is 109 cm³/mol. The Morgan fingerprint density at radius 2 is 2.19 bits per heavy atom. The highest BCUT2D eigenvalue weighted by atomic mass is 32.1. The van der Waals surface area contributed by atoms with Crippen molar-refractivity contribution in [2.45, 2.75) is 39.7 Å². The van der Waals surface area contributed by atoms with Crippen LogP contribution in [0, 0.1) is 12.8 Å². The SMILES string of the molecule is Cc1ccc2c(CC(=O)Nc3nc(CN4CCC(C)CC4)cs3)coc2c1. The molecular formula is C21H25N3O2S. The second-order valence-corrected chi connectivity index (χ2v) is 8.45. The van der Waals surface area contributed by atoms with E-state index in [0.29, 0.717) is 5.13 Å². The highest BCUT2D eigenvalue weighted by Gasteiger charge is 2.17. The number of amides is 1. The molecule has 3 aromatic rings. The van der Waals surface area contributed by atoms with Gasteiger partial charge in [0, 0.05) is 22.9 Å². The average Bonchev–Trinajstić information content (AvgIpc) is 3.24. The zero-order valence-corrected chi connectivity index (χ0v) is 16.6. The van der Waals surface area contributed by atoms with Gasteiger partial charge in [-0.2, -0.15) is 0 Å². The minimum atomic E-state index is -0.0639. The highest BCUT2D eigenvalue weighted by molar-refractivity contribution is 7.13. The number of nitrogens with one attached hydrogen (secondary N) is 1. The molecular weight excluding hydrogens is 358 g/mol. The molecule has 0 radical (unpaired) electrons. The maximum atomic E-state index is 12.4. The van der Waals surface area contributed by atoms with E-state index in [1.807, 2.05) is 30.5 Å². The third kappa shape index (κ3) is 4.39. The number of furan rings is 1. The van der Waals surface area contributed by atoms with Crippen LogP contribution in [-0.2, 0) is 17.8 Å². The number of fused-ring (bicyclic) bond motifs is 1. The average molecular weight is 384 g/mol. The van der Waals surface area contributed by atoms with E-state index >= 15 is 0 Å². The third-order valence-corrected chi connectivity index (χ3v) is 6.03. The van der Waals surface area contributed by atoms with Crippen molar-refractivity contribution in [1.82, 2.24) is 9.88 Å². The lowest BCUT2D eigenvalue weighted by atomic mass is 9.99. The van der Waals surface area contributed by atoms with E-state index in [9.17, 15) is 4.79 Å². The topological polar surface area (TPSA) is 58.4 Å². The molecule has 0 bridgehead atoms. The van der Waals surface area contributed by atoms with Gasteiger partial charge in [0.05, 0.1) is 18.4 Å². The summed E-state index contributed by atoms with van der Waals surface area (Å²) in [7, 11) is 0. The summed E-state index contributed by atoms with van der Waals surface area (Å²) in [6, 6.07) is 6.04. The van der Waals surface area contributed by atoms with E-state index in [4.69, 9.17) is 4.42 Å². The molecule has 0 saturated carbocycles. The zero-order chi connectivity index (χ0) is 18.8. The molecule has 1 fully saturated rings. The monoisotopic (exact) mass is 383 g/mol. The Bertz CT molecular complexity index is 938.